The summed E-state index contributed by atoms with van der Waals surface area (Å²) in [6.45, 7) is 2.16. The molecule has 0 N–H and O–H groups in total. The van der Waals surface area contributed by atoms with Crippen molar-refractivity contribution < 1.29 is 9.32 Å². The first-order valence-corrected chi connectivity index (χ1v) is 10.0. The van der Waals surface area contributed by atoms with Crippen LogP contribution in [-0.4, -0.2) is 16.7 Å². The molecule has 1 aliphatic carbocycles. The van der Waals surface area contributed by atoms with Crippen molar-refractivity contribution in [3.05, 3.63) is 82.7 Å². The predicted octanol–water partition coefficient (Wildman–Crippen LogP) is 5.49. The summed E-state index contributed by atoms with van der Waals surface area (Å²) in [5.74, 6) is 2.17. The molecular weight excluding hydrogens is 342 g/mol. The smallest absolute Gasteiger partial charge is 0.198 e. The summed E-state index contributed by atoms with van der Waals surface area (Å²) in [6.07, 6.45) is 4.49. The van der Waals surface area contributed by atoms with Crippen LogP contribution in [-0.2, 0) is 6.42 Å². The number of carbonyl (C=O) groups excluding carboxylic acids is 1. The monoisotopic (exact) mass is 363 g/mol. The van der Waals surface area contributed by atoms with Gasteiger partial charge in [0.15, 0.2) is 11.5 Å². The fourth-order valence-electron chi connectivity index (χ4n) is 3.25. The molecule has 0 spiro atoms. The van der Waals surface area contributed by atoms with E-state index < -0.39 is 0 Å². The van der Waals surface area contributed by atoms with Gasteiger partial charge in [0.25, 0.3) is 0 Å². The van der Waals surface area contributed by atoms with E-state index >= 15 is 0 Å². The number of rotatable bonds is 7. The molecule has 0 amide bonds. The second-order valence-electron chi connectivity index (χ2n) is 6.58. The minimum absolute atomic E-state index is 0.0179. The highest BCUT2D eigenvalue weighted by Crippen LogP contribution is 2.42. The Kier molecular flexibility index (Phi) is 4.93. The summed E-state index contributed by atoms with van der Waals surface area (Å²) in [5.41, 5.74) is 3.67. The molecule has 1 fully saturated rings. The molecule has 1 aliphatic rings. The van der Waals surface area contributed by atoms with Crippen molar-refractivity contribution in [3.8, 4) is 0 Å². The van der Waals surface area contributed by atoms with Gasteiger partial charge < -0.3 is 4.52 Å². The fourth-order valence-corrected chi connectivity index (χ4v) is 4.06. The molecule has 0 saturated heterocycles. The highest BCUT2D eigenvalue weighted by molar-refractivity contribution is 7.99. The fraction of sp³-hybridized carbons (Fsp3) is 0.273. The van der Waals surface area contributed by atoms with Crippen molar-refractivity contribution in [2.75, 3.05) is 5.75 Å². The van der Waals surface area contributed by atoms with Gasteiger partial charge in [-0.05, 0) is 42.2 Å². The van der Waals surface area contributed by atoms with Gasteiger partial charge in [0, 0.05) is 16.4 Å². The molecule has 3 nitrogen and oxygen atoms in total. The van der Waals surface area contributed by atoms with Crippen molar-refractivity contribution in [2.24, 2.45) is 0 Å². The SMILES string of the molecule is CCSc1ccccc1Cc1ccccc1C(=O)c1cnoc1C1CC1. The number of hydrogen-bond donors (Lipinski definition) is 0. The van der Waals surface area contributed by atoms with Crippen molar-refractivity contribution in [1.29, 1.82) is 0 Å². The number of carbonyl (C=O) groups is 1. The zero-order chi connectivity index (χ0) is 17.9. The first kappa shape index (κ1) is 17.1. The zero-order valence-electron chi connectivity index (χ0n) is 14.8. The van der Waals surface area contributed by atoms with Crippen molar-refractivity contribution in [1.82, 2.24) is 5.16 Å². The molecule has 0 unspecified atom stereocenters. The highest BCUT2D eigenvalue weighted by atomic mass is 32.2. The van der Waals surface area contributed by atoms with Crippen LogP contribution in [0.2, 0.25) is 0 Å². The molecular formula is C22H21NO2S. The van der Waals surface area contributed by atoms with Crippen LogP contribution < -0.4 is 0 Å². The number of aromatic nitrogens is 1. The van der Waals surface area contributed by atoms with E-state index in [-0.39, 0.29) is 5.78 Å². The van der Waals surface area contributed by atoms with Gasteiger partial charge in [0.2, 0.25) is 0 Å². The van der Waals surface area contributed by atoms with Crippen LogP contribution >= 0.6 is 11.8 Å². The largest absolute Gasteiger partial charge is 0.360 e. The molecule has 4 rings (SSSR count). The van der Waals surface area contributed by atoms with Gasteiger partial charge >= 0.3 is 0 Å². The minimum atomic E-state index is 0.0179. The lowest BCUT2D eigenvalue weighted by Gasteiger charge is -2.11. The number of thioether (sulfide) groups is 1. The predicted molar refractivity (Wildman–Crippen MR) is 104 cm³/mol. The van der Waals surface area contributed by atoms with Gasteiger partial charge in [0.1, 0.15) is 0 Å². The molecule has 132 valence electrons. The maximum atomic E-state index is 13.2. The Hall–Kier alpha value is -2.33. The molecule has 2 aromatic carbocycles. The van der Waals surface area contributed by atoms with Crippen LogP contribution in [0.5, 0.6) is 0 Å². The van der Waals surface area contributed by atoms with Gasteiger partial charge in [-0.1, -0.05) is 54.5 Å². The lowest BCUT2D eigenvalue weighted by Crippen LogP contribution is -2.07. The van der Waals surface area contributed by atoms with Gasteiger partial charge in [-0.25, -0.2) is 0 Å². The Balaban J connectivity index is 1.67. The molecule has 0 atom stereocenters. The maximum Gasteiger partial charge on any atom is 0.198 e. The summed E-state index contributed by atoms with van der Waals surface area (Å²) >= 11 is 1.84. The molecule has 26 heavy (non-hydrogen) atoms. The molecule has 0 aliphatic heterocycles. The molecule has 4 heteroatoms. The van der Waals surface area contributed by atoms with Crippen molar-refractivity contribution in [3.63, 3.8) is 0 Å². The van der Waals surface area contributed by atoms with Gasteiger partial charge in [0.05, 0.1) is 11.8 Å². The second-order valence-corrected chi connectivity index (χ2v) is 7.89. The van der Waals surface area contributed by atoms with E-state index in [0.29, 0.717) is 11.5 Å². The lowest BCUT2D eigenvalue weighted by molar-refractivity contribution is 0.103. The van der Waals surface area contributed by atoms with Crippen LogP contribution in [0, 0.1) is 0 Å². The Morgan fingerprint density at radius 1 is 1.08 bits per heavy atom. The first-order valence-electron chi connectivity index (χ1n) is 9.05. The third-order valence-electron chi connectivity index (χ3n) is 4.71. The van der Waals surface area contributed by atoms with Crippen molar-refractivity contribution in [2.45, 2.75) is 37.0 Å². The first-order chi connectivity index (χ1) is 12.8. The molecule has 1 saturated carbocycles. The van der Waals surface area contributed by atoms with E-state index in [4.69, 9.17) is 4.52 Å². The Labute approximate surface area is 157 Å². The molecule has 0 bridgehead atoms. The minimum Gasteiger partial charge on any atom is -0.360 e. The number of nitrogens with zero attached hydrogens (tertiary/aromatic N) is 1. The second kappa shape index (κ2) is 7.50. The Bertz CT molecular complexity index is 927. The summed E-state index contributed by atoms with van der Waals surface area (Å²) in [5, 5.41) is 3.88. The highest BCUT2D eigenvalue weighted by Gasteiger charge is 2.33. The van der Waals surface area contributed by atoms with Crippen LogP contribution in [0.3, 0.4) is 0 Å². The topological polar surface area (TPSA) is 43.1 Å². The maximum absolute atomic E-state index is 13.2. The summed E-state index contributed by atoms with van der Waals surface area (Å²) in [4.78, 5) is 14.5. The Morgan fingerprint density at radius 2 is 1.81 bits per heavy atom. The van der Waals surface area contributed by atoms with E-state index in [2.05, 4.69) is 36.3 Å². The van der Waals surface area contributed by atoms with Gasteiger partial charge in [-0.15, -0.1) is 11.8 Å². The van der Waals surface area contributed by atoms with E-state index in [1.165, 1.54) is 10.5 Å². The zero-order valence-corrected chi connectivity index (χ0v) is 15.6. The van der Waals surface area contributed by atoms with Crippen LogP contribution in [0.1, 0.15) is 58.5 Å². The van der Waals surface area contributed by atoms with Crippen LogP contribution in [0.15, 0.2) is 64.1 Å². The third-order valence-corrected chi connectivity index (χ3v) is 5.70. The average molecular weight is 363 g/mol. The molecule has 0 radical (unpaired) electrons. The summed E-state index contributed by atoms with van der Waals surface area (Å²) in [7, 11) is 0. The summed E-state index contributed by atoms with van der Waals surface area (Å²) in [6, 6.07) is 16.3. The van der Waals surface area contributed by atoms with E-state index in [9.17, 15) is 4.79 Å². The number of hydrogen-bond acceptors (Lipinski definition) is 4. The third kappa shape index (κ3) is 3.47. The quantitative estimate of drug-likeness (QED) is 0.411. The average Bonchev–Trinajstić information content (AvgIpc) is 3.40. The van der Waals surface area contributed by atoms with Crippen molar-refractivity contribution >= 4 is 17.5 Å². The Morgan fingerprint density at radius 3 is 2.58 bits per heavy atom. The number of ketones is 1. The van der Waals surface area contributed by atoms with E-state index in [0.717, 1.165) is 41.9 Å². The molecule has 1 aromatic heterocycles. The molecule has 1 heterocycles. The van der Waals surface area contributed by atoms with E-state index in [1.807, 2.05) is 36.0 Å². The normalized spacial score (nSPS) is 13.7. The van der Waals surface area contributed by atoms with Crippen LogP contribution in [0.25, 0.3) is 0 Å². The van der Waals surface area contributed by atoms with Crippen LogP contribution in [0.4, 0.5) is 0 Å². The lowest BCUT2D eigenvalue weighted by atomic mass is 9.94. The molecule has 3 aromatic rings. The summed E-state index contributed by atoms with van der Waals surface area (Å²) < 4.78 is 5.37. The number of benzene rings is 2. The van der Waals surface area contributed by atoms with Gasteiger partial charge in [-0.2, -0.15) is 0 Å². The standard InChI is InChI=1S/C22H21NO2S/c1-2-26-20-10-6-4-8-17(20)13-16-7-3-5-9-18(16)21(24)19-14-23-25-22(19)15-11-12-15/h3-10,14-15H,2,11-13H2,1H3. The van der Waals surface area contributed by atoms with Gasteiger partial charge in [-0.3, -0.25) is 4.79 Å². The van der Waals surface area contributed by atoms with E-state index in [1.54, 1.807) is 6.20 Å².